The van der Waals surface area contributed by atoms with E-state index in [1.165, 1.54) is 23.3 Å². The van der Waals surface area contributed by atoms with E-state index in [4.69, 9.17) is 5.11 Å². The Morgan fingerprint density at radius 3 is 1.96 bits per heavy atom. The topological polar surface area (TPSA) is 54.4 Å². The standard InChI is InChI=1S/C22H24O3S/c1-21(2)11-12-22(3,4)18-13-15(7-10-17(18)21)20(25)26-16-8-5-14(6-9-16)19(23)24/h5-10,13H,11-12H2,1-4H3,(H,23,24). The van der Waals surface area contributed by atoms with E-state index in [0.29, 0.717) is 5.56 Å². The third kappa shape index (κ3) is 3.56. The number of benzene rings is 2. The fourth-order valence-electron chi connectivity index (χ4n) is 3.55. The van der Waals surface area contributed by atoms with Crippen molar-refractivity contribution in [3.8, 4) is 0 Å². The maximum atomic E-state index is 12.7. The van der Waals surface area contributed by atoms with Crippen LogP contribution in [-0.4, -0.2) is 16.2 Å². The molecule has 1 aliphatic rings. The van der Waals surface area contributed by atoms with Crippen LogP contribution in [-0.2, 0) is 10.8 Å². The number of rotatable bonds is 3. The summed E-state index contributed by atoms with van der Waals surface area (Å²) >= 11 is 1.14. The number of fused-ring (bicyclic) bond motifs is 1. The van der Waals surface area contributed by atoms with Gasteiger partial charge in [0.25, 0.3) is 0 Å². The minimum Gasteiger partial charge on any atom is -0.478 e. The lowest BCUT2D eigenvalue weighted by molar-refractivity contribution is 0.0696. The molecule has 0 unspecified atom stereocenters. The average molecular weight is 368 g/mol. The number of carboxylic acid groups (broad SMARTS) is 1. The van der Waals surface area contributed by atoms with Gasteiger partial charge in [0, 0.05) is 10.5 Å². The molecule has 0 atom stereocenters. The van der Waals surface area contributed by atoms with Crippen LogP contribution in [0, 0.1) is 0 Å². The molecule has 3 rings (SSSR count). The number of hydrogen-bond acceptors (Lipinski definition) is 3. The van der Waals surface area contributed by atoms with E-state index in [1.807, 2.05) is 6.07 Å². The van der Waals surface area contributed by atoms with Gasteiger partial charge in [0.2, 0.25) is 5.12 Å². The first-order valence-electron chi connectivity index (χ1n) is 8.81. The number of carboxylic acids is 1. The van der Waals surface area contributed by atoms with E-state index < -0.39 is 5.97 Å². The van der Waals surface area contributed by atoms with Gasteiger partial charge in [-0.05, 0) is 76.9 Å². The van der Waals surface area contributed by atoms with Crippen molar-refractivity contribution < 1.29 is 14.7 Å². The summed E-state index contributed by atoms with van der Waals surface area (Å²) in [4.78, 5) is 24.4. The molecule has 1 N–H and O–H groups in total. The van der Waals surface area contributed by atoms with Gasteiger partial charge in [0.05, 0.1) is 5.56 Å². The Morgan fingerprint density at radius 1 is 0.846 bits per heavy atom. The lowest BCUT2D eigenvalue weighted by Crippen LogP contribution is -2.34. The summed E-state index contributed by atoms with van der Waals surface area (Å²) in [5, 5.41) is 8.95. The van der Waals surface area contributed by atoms with Gasteiger partial charge in [0.1, 0.15) is 0 Å². The highest BCUT2D eigenvalue weighted by Crippen LogP contribution is 2.46. The van der Waals surface area contributed by atoms with Crippen molar-refractivity contribution in [1.29, 1.82) is 0 Å². The van der Waals surface area contributed by atoms with Crippen molar-refractivity contribution in [3.05, 3.63) is 64.7 Å². The van der Waals surface area contributed by atoms with Crippen LogP contribution in [0.25, 0.3) is 0 Å². The van der Waals surface area contributed by atoms with Gasteiger partial charge in [-0.25, -0.2) is 4.79 Å². The van der Waals surface area contributed by atoms with Crippen molar-refractivity contribution >= 4 is 22.8 Å². The molecule has 3 nitrogen and oxygen atoms in total. The molecule has 0 heterocycles. The van der Waals surface area contributed by atoms with Crippen LogP contribution in [0.5, 0.6) is 0 Å². The first-order chi connectivity index (χ1) is 12.1. The minimum absolute atomic E-state index is 0.0185. The maximum absolute atomic E-state index is 12.7. The summed E-state index contributed by atoms with van der Waals surface area (Å²) in [5.74, 6) is -0.965. The molecule has 2 aromatic rings. The van der Waals surface area contributed by atoms with E-state index in [9.17, 15) is 9.59 Å². The predicted octanol–water partition coefficient (Wildman–Crippen LogP) is 5.67. The van der Waals surface area contributed by atoms with Crippen LogP contribution >= 0.6 is 11.8 Å². The molecule has 136 valence electrons. The summed E-state index contributed by atoms with van der Waals surface area (Å²) in [6.45, 7) is 9.02. The third-order valence-electron chi connectivity index (χ3n) is 5.40. The first-order valence-corrected chi connectivity index (χ1v) is 9.62. The van der Waals surface area contributed by atoms with E-state index >= 15 is 0 Å². The van der Waals surface area contributed by atoms with E-state index in [1.54, 1.807) is 12.1 Å². The Hall–Kier alpha value is -2.07. The average Bonchev–Trinajstić information content (AvgIpc) is 2.59. The molecule has 0 radical (unpaired) electrons. The lowest BCUT2D eigenvalue weighted by atomic mass is 9.63. The van der Waals surface area contributed by atoms with Gasteiger partial charge in [-0.2, -0.15) is 0 Å². The number of hydrogen-bond donors (Lipinski definition) is 1. The molecule has 0 fully saturated rings. The van der Waals surface area contributed by atoms with Crippen molar-refractivity contribution in [1.82, 2.24) is 0 Å². The zero-order valence-corrected chi connectivity index (χ0v) is 16.4. The summed E-state index contributed by atoms with van der Waals surface area (Å²) in [5.41, 5.74) is 3.71. The minimum atomic E-state index is -0.965. The molecule has 4 heteroatoms. The quantitative estimate of drug-likeness (QED) is 0.710. The van der Waals surface area contributed by atoms with Crippen LogP contribution in [0.1, 0.15) is 72.4 Å². The number of thioether (sulfide) groups is 1. The molecule has 2 aromatic carbocycles. The van der Waals surface area contributed by atoms with Gasteiger partial charge in [-0.1, -0.05) is 39.8 Å². The highest BCUT2D eigenvalue weighted by atomic mass is 32.2. The van der Waals surface area contributed by atoms with Crippen LogP contribution in [0.4, 0.5) is 0 Å². The SMILES string of the molecule is CC1(C)CCC(C)(C)c2cc(C(=O)Sc3ccc(C(=O)O)cc3)ccc21. The molecule has 0 spiro atoms. The van der Waals surface area contributed by atoms with Gasteiger partial charge in [-0.3, -0.25) is 4.79 Å². The molecule has 0 saturated heterocycles. The zero-order chi connectivity index (χ0) is 19.1. The molecular formula is C22H24O3S. The predicted molar refractivity (Wildman–Crippen MR) is 105 cm³/mol. The van der Waals surface area contributed by atoms with Crippen molar-refractivity contribution in [2.45, 2.75) is 56.3 Å². The highest BCUT2D eigenvalue weighted by molar-refractivity contribution is 8.14. The second-order valence-corrected chi connectivity index (χ2v) is 9.29. The van der Waals surface area contributed by atoms with E-state index in [0.717, 1.165) is 29.5 Å². The van der Waals surface area contributed by atoms with E-state index in [2.05, 4.69) is 39.8 Å². The molecule has 26 heavy (non-hydrogen) atoms. The summed E-state index contributed by atoms with van der Waals surface area (Å²) in [7, 11) is 0. The Morgan fingerprint density at radius 2 is 1.38 bits per heavy atom. The molecule has 0 aromatic heterocycles. The first kappa shape index (κ1) is 18.7. The monoisotopic (exact) mass is 368 g/mol. The van der Waals surface area contributed by atoms with Gasteiger partial charge in [0.15, 0.2) is 0 Å². The fourth-order valence-corrected chi connectivity index (χ4v) is 4.28. The molecule has 0 bridgehead atoms. The maximum Gasteiger partial charge on any atom is 0.335 e. The Balaban J connectivity index is 1.88. The Labute approximate surface area is 158 Å². The smallest absolute Gasteiger partial charge is 0.335 e. The summed E-state index contributed by atoms with van der Waals surface area (Å²) in [6.07, 6.45) is 2.25. The van der Waals surface area contributed by atoms with Crippen molar-refractivity contribution in [3.63, 3.8) is 0 Å². The number of carbonyl (C=O) groups is 2. The molecular weight excluding hydrogens is 344 g/mol. The van der Waals surface area contributed by atoms with Crippen LogP contribution in [0.3, 0.4) is 0 Å². The fraction of sp³-hybridized carbons (Fsp3) is 0.364. The normalized spacial score (nSPS) is 17.4. The Kier molecular flexibility index (Phi) is 4.74. The summed E-state index contributed by atoms with van der Waals surface area (Å²) < 4.78 is 0. The van der Waals surface area contributed by atoms with Gasteiger partial charge < -0.3 is 5.11 Å². The van der Waals surface area contributed by atoms with Gasteiger partial charge >= 0.3 is 5.97 Å². The summed E-state index contributed by atoms with van der Waals surface area (Å²) in [6, 6.07) is 12.5. The lowest BCUT2D eigenvalue weighted by Gasteiger charge is -2.42. The second kappa shape index (κ2) is 6.58. The Bertz CT molecular complexity index is 863. The van der Waals surface area contributed by atoms with Crippen LogP contribution < -0.4 is 0 Å². The molecule has 0 amide bonds. The second-order valence-electron chi connectivity index (χ2n) is 8.25. The molecule has 0 saturated carbocycles. The zero-order valence-electron chi connectivity index (χ0n) is 15.6. The largest absolute Gasteiger partial charge is 0.478 e. The third-order valence-corrected chi connectivity index (χ3v) is 6.33. The van der Waals surface area contributed by atoms with Crippen molar-refractivity contribution in [2.75, 3.05) is 0 Å². The number of carbonyl (C=O) groups excluding carboxylic acids is 1. The highest BCUT2D eigenvalue weighted by Gasteiger charge is 2.37. The van der Waals surface area contributed by atoms with E-state index in [-0.39, 0.29) is 21.5 Å². The number of aromatic carboxylic acids is 1. The van der Waals surface area contributed by atoms with Crippen LogP contribution in [0.2, 0.25) is 0 Å². The van der Waals surface area contributed by atoms with Crippen LogP contribution in [0.15, 0.2) is 47.4 Å². The van der Waals surface area contributed by atoms with Crippen molar-refractivity contribution in [2.24, 2.45) is 0 Å². The molecule has 1 aliphatic carbocycles. The molecule has 0 aliphatic heterocycles. The van der Waals surface area contributed by atoms with Gasteiger partial charge in [-0.15, -0.1) is 0 Å².